The van der Waals surface area contributed by atoms with Crippen LogP contribution in [0.15, 0.2) is 0 Å². The van der Waals surface area contributed by atoms with Crippen LogP contribution in [0.25, 0.3) is 0 Å². The SMILES string of the molecule is C1CCCC1.CCCC(=O)C(C)C. The lowest BCUT2D eigenvalue weighted by Gasteiger charge is -1.98. The van der Waals surface area contributed by atoms with Gasteiger partial charge in [-0.2, -0.15) is 0 Å². The van der Waals surface area contributed by atoms with Crippen molar-refractivity contribution >= 4 is 5.78 Å². The Kier molecular flexibility index (Phi) is 8.07. The molecule has 0 spiro atoms. The van der Waals surface area contributed by atoms with Gasteiger partial charge in [-0.3, -0.25) is 4.79 Å². The summed E-state index contributed by atoms with van der Waals surface area (Å²) < 4.78 is 0. The molecule has 0 aromatic rings. The minimum Gasteiger partial charge on any atom is -0.299 e. The van der Waals surface area contributed by atoms with E-state index in [0.29, 0.717) is 5.78 Å². The van der Waals surface area contributed by atoms with Gasteiger partial charge in [-0.15, -0.1) is 0 Å². The molecule has 1 aliphatic rings. The van der Waals surface area contributed by atoms with Crippen molar-refractivity contribution in [3.8, 4) is 0 Å². The van der Waals surface area contributed by atoms with Crippen LogP contribution < -0.4 is 0 Å². The third-order valence-corrected chi connectivity index (χ3v) is 2.39. The molecule has 0 amide bonds. The minimum atomic E-state index is 0.231. The van der Waals surface area contributed by atoms with Crippen molar-refractivity contribution in [2.75, 3.05) is 0 Å². The molecule has 0 atom stereocenters. The van der Waals surface area contributed by atoms with E-state index in [2.05, 4.69) is 0 Å². The van der Waals surface area contributed by atoms with Crippen LogP contribution in [0.3, 0.4) is 0 Å². The van der Waals surface area contributed by atoms with Crippen LogP contribution in [0.1, 0.15) is 65.7 Å². The number of ketones is 1. The maximum Gasteiger partial charge on any atom is 0.135 e. The van der Waals surface area contributed by atoms with E-state index < -0.39 is 0 Å². The van der Waals surface area contributed by atoms with Crippen LogP contribution >= 0.6 is 0 Å². The van der Waals surface area contributed by atoms with Gasteiger partial charge in [0.05, 0.1) is 0 Å². The quantitative estimate of drug-likeness (QED) is 0.648. The van der Waals surface area contributed by atoms with Crippen molar-refractivity contribution in [3.63, 3.8) is 0 Å². The Morgan fingerprint density at radius 1 is 1.08 bits per heavy atom. The Morgan fingerprint density at radius 2 is 1.46 bits per heavy atom. The molecule has 1 nitrogen and oxygen atoms in total. The molecule has 0 radical (unpaired) electrons. The molecule has 0 aromatic heterocycles. The first-order chi connectivity index (χ1) is 6.18. The van der Waals surface area contributed by atoms with Crippen molar-refractivity contribution in [2.45, 2.75) is 65.7 Å². The number of hydrogen-bond donors (Lipinski definition) is 0. The predicted molar refractivity (Wildman–Crippen MR) is 57.8 cm³/mol. The van der Waals surface area contributed by atoms with Crippen LogP contribution in [0.4, 0.5) is 0 Å². The average molecular weight is 184 g/mol. The van der Waals surface area contributed by atoms with Gasteiger partial charge in [0.2, 0.25) is 0 Å². The molecule has 0 N–H and O–H groups in total. The van der Waals surface area contributed by atoms with Crippen LogP contribution in [0.2, 0.25) is 0 Å². The summed E-state index contributed by atoms with van der Waals surface area (Å²) in [5.74, 6) is 0.613. The molecule has 13 heavy (non-hydrogen) atoms. The van der Waals surface area contributed by atoms with Gasteiger partial charge < -0.3 is 0 Å². The molecule has 1 saturated carbocycles. The standard InChI is InChI=1S/C7H14O.C5H10/c1-4-5-7(8)6(2)3;1-2-4-5-3-1/h6H,4-5H2,1-3H3;1-5H2. The fourth-order valence-electron chi connectivity index (χ4n) is 1.42. The first-order valence-electron chi connectivity index (χ1n) is 5.71. The molecule has 0 aliphatic heterocycles. The largest absolute Gasteiger partial charge is 0.299 e. The second-order valence-corrected chi connectivity index (χ2v) is 4.14. The van der Waals surface area contributed by atoms with E-state index in [9.17, 15) is 4.79 Å². The van der Waals surface area contributed by atoms with Crippen molar-refractivity contribution in [1.29, 1.82) is 0 Å². The third kappa shape index (κ3) is 8.01. The van der Waals surface area contributed by atoms with Crippen molar-refractivity contribution in [1.82, 2.24) is 0 Å². The molecule has 1 fully saturated rings. The van der Waals surface area contributed by atoms with E-state index in [0.717, 1.165) is 12.8 Å². The Bertz CT molecular complexity index is 115. The lowest BCUT2D eigenvalue weighted by Crippen LogP contribution is -2.04. The molecule has 0 bridgehead atoms. The summed E-state index contributed by atoms with van der Waals surface area (Å²) in [6, 6.07) is 0. The van der Waals surface area contributed by atoms with Gasteiger partial charge >= 0.3 is 0 Å². The van der Waals surface area contributed by atoms with Gasteiger partial charge in [-0.1, -0.05) is 52.9 Å². The van der Waals surface area contributed by atoms with E-state index in [4.69, 9.17) is 0 Å². The van der Waals surface area contributed by atoms with Crippen molar-refractivity contribution in [3.05, 3.63) is 0 Å². The van der Waals surface area contributed by atoms with E-state index in [-0.39, 0.29) is 5.92 Å². The number of carbonyl (C=O) groups is 1. The molecule has 0 saturated heterocycles. The highest BCUT2D eigenvalue weighted by Crippen LogP contribution is 2.15. The summed E-state index contributed by atoms with van der Waals surface area (Å²) in [5.41, 5.74) is 0. The maximum absolute atomic E-state index is 10.7. The molecule has 1 heteroatoms. The molecule has 78 valence electrons. The highest BCUT2D eigenvalue weighted by Gasteiger charge is 2.03. The molecular formula is C12H24O. The fourth-order valence-corrected chi connectivity index (χ4v) is 1.42. The van der Waals surface area contributed by atoms with Crippen molar-refractivity contribution < 1.29 is 4.79 Å². The lowest BCUT2D eigenvalue weighted by molar-refractivity contribution is -0.121. The summed E-state index contributed by atoms with van der Waals surface area (Å²) in [5, 5.41) is 0. The summed E-state index contributed by atoms with van der Waals surface area (Å²) in [6.07, 6.45) is 9.23. The normalized spacial score (nSPS) is 15.4. The monoisotopic (exact) mass is 184 g/mol. The van der Waals surface area contributed by atoms with Gasteiger partial charge in [0.25, 0.3) is 0 Å². The molecule has 0 unspecified atom stereocenters. The summed E-state index contributed by atoms with van der Waals surface area (Å²) >= 11 is 0. The van der Waals surface area contributed by atoms with E-state index in [1.165, 1.54) is 32.1 Å². The summed E-state index contributed by atoms with van der Waals surface area (Å²) in [6.45, 7) is 5.91. The first-order valence-corrected chi connectivity index (χ1v) is 5.71. The average Bonchev–Trinajstić information content (AvgIpc) is 2.61. The third-order valence-electron chi connectivity index (χ3n) is 2.39. The zero-order chi connectivity index (χ0) is 10.1. The first kappa shape index (κ1) is 12.7. The number of carbonyl (C=O) groups excluding carboxylic acids is 1. The topological polar surface area (TPSA) is 17.1 Å². The second kappa shape index (κ2) is 8.28. The lowest BCUT2D eigenvalue weighted by atomic mass is 10.1. The smallest absolute Gasteiger partial charge is 0.135 e. The highest BCUT2D eigenvalue weighted by molar-refractivity contribution is 5.80. The van der Waals surface area contributed by atoms with E-state index in [1.807, 2.05) is 20.8 Å². The molecule has 0 heterocycles. The van der Waals surface area contributed by atoms with E-state index in [1.54, 1.807) is 0 Å². The molecule has 1 rings (SSSR count). The van der Waals surface area contributed by atoms with Gasteiger partial charge in [0, 0.05) is 12.3 Å². The van der Waals surface area contributed by atoms with Crippen molar-refractivity contribution in [2.24, 2.45) is 5.92 Å². The van der Waals surface area contributed by atoms with Gasteiger partial charge in [-0.25, -0.2) is 0 Å². The van der Waals surface area contributed by atoms with Gasteiger partial charge in [0.15, 0.2) is 0 Å². The number of hydrogen-bond acceptors (Lipinski definition) is 1. The minimum absolute atomic E-state index is 0.231. The Balaban J connectivity index is 0.000000243. The zero-order valence-electron chi connectivity index (χ0n) is 9.44. The van der Waals surface area contributed by atoms with E-state index >= 15 is 0 Å². The van der Waals surface area contributed by atoms with Crippen LogP contribution in [-0.2, 0) is 4.79 Å². The maximum atomic E-state index is 10.7. The van der Waals surface area contributed by atoms with Gasteiger partial charge in [0.1, 0.15) is 5.78 Å². The van der Waals surface area contributed by atoms with Crippen LogP contribution in [0.5, 0.6) is 0 Å². The Morgan fingerprint density at radius 3 is 1.62 bits per heavy atom. The second-order valence-electron chi connectivity index (χ2n) is 4.14. The zero-order valence-corrected chi connectivity index (χ0v) is 9.44. The Labute approximate surface area is 82.9 Å². The molecular weight excluding hydrogens is 160 g/mol. The highest BCUT2D eigenvalue weighted by atomic mass is 16.1. The predicted octanol–water partition coefficient (Wildman–Crippen LogP) is 3.96. The van der Waals surface area contributed by atoms with Crippen LogP contribution in [-0.4, -0.2) is 5.78 Å². The Hall–Kier alpha value is -0.330. The fraction of sp³-hybridized carbons (Fsp3) is 0.917. The van der Waals surface area contributed by atoms with Gasteiger partial charge in [-0.05, 0) is 6.42 Å². The summed E-state index contributed by atoms with van der Waals surface area (Å²) in [7, 11) is 0. The number of Topliss-reactive ketones (excluding diaryl/α,β-unsaturated/α-hetero) is 1. The molecule has 1 aliphatic carbocycles. The summed E-state index contributed by atoms with van der Waals surface area (Å²) in [4.78, 5) is 10.7. The number of rotatable bonds is 3. The van der Waals surface area contributed by atoms with Crippen LogP contribution in [0, 0.1) is 5.92 Å². The molecule has 0 aromatic carbocycles.